The van der Waals surface area contributed by atoms with E-state index in [1.54, 1.807) is 0 Å². The standard InChI is InChI=1S/C17H27N5O/c1-12-7-13(2)22-11-16(19-17(22)18-12)10-20-5-6-21(9-15(4)23)14(3)8-20/h7,11,14-15,23H,5-6,8-10H2,1-4H3. The average molecular weight is 317 g/mol. The lowest BCUT2D eigenvalue weighted by atomic mass is 10.1. The van der Waals surface area contributed by atoms with E-state index in [1.807, 2.05) is 13.8 Å². The average Bonchev–Trinajstić information content (AvgIpc) is 2.84. The summed E-state index contributed by atoms with van der Waals surface area (Å²) in [7, 11) is 0. The van der Waals surface area contributed by atoms with Gasteiger partial charge in [-0.25, -0.2) is 9.97 Å². The van der Waals surface area contributed by atoms with E-state index in [4.69, 9.17) is 0 Å². The van der Waals surface area contributed by atoms with Crippen molar-refractivity contribution in [2.75, 3.05) is 26.2 Å². The van der Waals surface area contributed by atoms with Gasteiger partial charge in [-0.3, -0.25) is 14.2 Å². The number of hydrogen-bond donors (Lipinski definition) is 1. The Hall–Kier alpha value is -1.50. The summed E-state index contributed by atoms with van der Waals surface area (Å²) in [5.41, 5.74) is 3.25. The molecular weight excluding hydrogens is 290 g/mol. The number of aliphatic hydroxyl groups excluding tert-OH is 1. The number of nitrogens with zero attached hydrogens (tertiary/aromatic N) is 5. The van der Waals surface area contributed by atoms with E-state index >= 15 is 0 Å². The van der Waals surface area contributed by atoms with Gasteiger partial charge in [-0.1, -0.05) is 0 Å². The third-order valence-corrected chi connectivity index (χ3v) is 4.54. The van der Waals surface area contributed by atoms with Crippen LogP contribution in [0.15, 0.2) is 12.3 Å². The fraction of sp³-hybridized carbons (Fsp3) is 0.647. The summed E-state index contributed by atoms with van der Waals surface area (Å²) < 4.78 is 2.06. The summed E-state index contributed by atoms with van der Waals surface area (Å²) in [6.45, 7) is 12.8. The van der Waals surface area contributed by atoms with E-state index in [1.165, 1.54) is 5.69 Å². The van der Waals surface area contributed by atoms with Gasteiger partial charge in [0.05, 0.1) is 11.8 Å². The lowest BCUT2D eigenvalue weighted by Crippen LogP contribution is -2.53. The molecule has 126 valence electrons. The van der Waals surface area contributed by atoms with Gasteiger partial charge in [-0.05, 0) is 33.8 Å². The molecule has 0 amide bonds. The molecule has 2 aromatic rings. The van der Waals surface area contributed by atoms with Crippen molar-refractivity contribution in [1.82, 2.24) is 24.2 Å². The van der Waals surface area contributed by atoms with E-state index in [0.29, 0.717) is 6.04 Å². The SMILES string of the molecule is Cc1cc(C)n2cc(CN3CCN(CC(C)O)C(C)C3)nc2n1. The fourth-order valence-electron chi connectivity index (χ4n) is 3.45. The maximum absolute atomic E-state index is 9.58. The summed E-state index contributed by atoms with van der Waals surface area (Å²) in [5.74, 6) is 0.790. The van der Waals surface area contributed by atoms with Gasteiger partial charge in [0.15, 0.2) is 0 Å². The maximum atomic E-state index is 9.58. The summed E-state index contributed by atoms with van der Waals surface area (Å²) in [6.07, 6.45) is 1.84. The molecule has 1 aliphatic rings. The van der Waals surface area contributed by atoms with Gasteiger partial charge < -0.3 is 5.11 Å². The topological polar surface area (TPSA) is 56.9 Å². The monoisotopic (exact) mass is 317 g/mol. The Morgan fingerprint density at radius 3 is 2.78 bits per heavy atom. The van der Waals surface area contributed by atoms with Crippen molar-refractivity contribution in [2.24, 2.45) is 0 Å². The third kappa shape index (κ3) is 3.71. The van der Waals surface area contributed by atoms with Crippen molar-refractivity contribution >= 4 is 5.78 Å². The van der Waals surface area contributed by atoms with Crippen LogP contribution in [-0.4, -0.2) is 67.6 Å². The molecule has 0 aromatic carbocycles. The molecule has 1 N–H and O–H groups in total. The highest BCUT2D eigenvalue weighted by Gasteiger charge is 2.24. The minimum absolute atomic E-state index is 0.264. The Bertz CT molecular complexity index is 681. The minimum atomic E-state index is -0.264. The molecule has 0 saturated carbocycles. The first kappa shape index (κ1) is 16.4. The first-order valence-electron chi connectivity index (χ1n) is 8.39. The molecule has 0 radical (unpaired) electrons. The molecule has 3 heterocycles. The Morgan fingerprint density at radius 1 is 1.30 bits per heavy atom. The predicted octanol–water partition coefficient (Wildman–Crippen LogP) is 1.23. The van der Waals surface area contributed by atoms with Crippen LogP contribution in [-0.2, 0) is 6.54 Å². The van der Waals surface area contributed by atoms with E-state index in [9.17, 15) is 5.11 Å². The maximum Gasteiger partial charge on any atom is 0.234 e. The molecular formula is C17H27N5O. The quantitative estimate of drug-likeness (QED) is 0.919. The predicted molar refractivity (Wildman–Crippen MR) is 90.5 cm³/mol. The van der Waals surface area contributed by atoms with E-state index < -0.39 is 0 Å². The first-order chi connectivity index (χ1) is 10.9. The number of aliphatic hydroxyl groups is 1. The van der Waals surface area contributed by atoms with Crippen LogP contribution in [0.4, 0.5) is 0 Å². The van der Waals surface area contributed by atoms with E-state index in [-0.39, 0.29) is 6.10 Å². The second-order valence-electron chi connectivity index (χ2n) is 6.87. The largest absolute Gasteiger partial charge is 0.392 e. The Kier molecular flexibility index (Phi) is 4.66. The molecule has 2 aromatic heterocycles. The lowest BCUT2D eigenvalue weighted by Gasteiger charge is -2.40. The molecule has 1 saturated heterocycles. The smallest absolute Gasteiger partial charge is 0.234 e. The van der Waals surface area contributed by atoms with E-state index in [2.05, 4.69) is 50.3 Å². The van der Waals surface area contributed by atoms with Crippen LogP contribution in [0.25, 0.3) is 5.78 Å². The number of hydrogen-bond acceptors (Lipinski definition) is 5. The van der Waals surface area contributed by atoms with Crippen LogP contribution in [0.3, 0.4) is 0 Å². The zero-order chi connectivity index (χ0) is 16.6. The van der Waals surface area contributed by atoms with Gasteiger partial charge >= 0.3 is 0 Å². The van der Waals surface area contributed by atoms with Gasteiger partial charge in [0.2, 0.25) is 5.78 Å². The van der Waals surface area contributed by atoms with Crippen molar-refractivity contribution < 1.29 is 5.11 Å². The summed E-state index contributed by atoms with van der Waals surface area (Å²) >= 11 is 0. The van der Waals surface area contributed by atoms with Gasteiger partial charge in [0.25, 0.3) is 0 Å². The minimum Gasteiger partial charge on any atom is -0.392 e. The van der Waals surface area contributed by atoms with Crippen molar-refractivity contribution in [3.05, 3.63) is 29.3 Å². The molecule has 0 bridgehead atoms. The molecule has 0 aliphatic carbocycles. The van der Waals surface area contributed by atoms with Crippen molar-refractivity contribution in [2.45, 2.75) is 46.4 Å². The molecule has 3 rings (SSSR count). The summed E-state index contributed by atoms with van der Waals surface area (Å²) in [4.78, 5) is 14.0. The van der Waals surface area contributed by atoms with Gasteiger partial charge in [0, 0.05) is 56.4 Å². The van der Waals surface area contributed by atoms with Crippen molar-refractivity contribution in [3.8, 4) is 0 Å². The molecule has 2 unspecified atom stereocenters. The number of imidazole rings is 1. The summed E-state index contributed by atoms with van der Waals surface area (Å²) in [6, 6.07) is 2.53. The second kappa shape index (κ2) is 6.55. The molecule has 6 heteroatoms. The Morgan fingerprint density at radius 2 is 2.09 bits per heavy atom. The fourth-order valence-corrected chi connectivity index (χ4v) is 3.45. The van der Waals surface area contributed by atoms with Gasteiger partial charge in [-0.15, -0.1) is 0 Å². The van der Waals surface area contributed by atoms with Crippen LogP contribution in [0.2, 0.25) is 0 Å². The molecule has 1 fully saturated rings. The zero-order valence-electron chi connectivity index (χ0n) is 14.5. The van der Waals surface area contributed by atoms with Crippen LogP contribution < -0.4 is 0 Å². The van der Waals surface area contributed by atoms with Gasteiger partial charge in [-0.2, -0.15) is 0 Å². The first-order valence-corrected chi connectivity index (χ1v) is 8.39. The summed E-state index contributed by atoms with van der Waals surface area (Å²) in [5, 5.41) is 9.58. The lowest BCUT2D eigenvalue weighted by molar-refractivity contribution is 0.0419. The van der Waals surface area contributed by atoms with Crippen LogP contribution in [0, 0.1) is 13.8 Å². The molecule has 6 nitrogen and oxygen atoms in total. The number of aryl methyl sites for hydroxylation is 2. The Labute approximate surface area is 137 Å². The number of rotatable bonds is 4. The second-order valence-corrected chi connectivity index (χ2v) is 6.87. The molecule has 23 heavy (non-hydrogen) atoms. The Balaban J connectivity index is 1.67. The van der Waals surface area contributed by atoms with E-state index in [0.717, 1.165) is 49.9 Å². The normalized spacial score (nSPS) is 21.9. The van der Waals surface area contributed by atoms with Crippen molar-refractivity contribution in [3.63, 3.8) is 0 Å². The number of piperazine rings is 1. The van der Waals surface area contributed by atoms with Crippen LogP contribution in [0.1, 0.15) is 30.9 Å². The van der Waals surface area contributed by atoms with Crippen LogP contribution in [0.5, 0.6) is 0 Å². The highest BCUT2D eigenvalue weighted by Crippen LogP contribution is 2.14. The molecule has 2 atom stereocenters. The van der Waals surface area contributed by atoms with Crippen LogP contribution >= 0.6 is 0 Å². The zero-order valence-corrected chi connectivity index (χ0v) is 14.5. The number of fused-ring (bicyclic) bond motifs is 1. The molecule has 1 aliphatic heterocycles. The number of β-amino-alcohol motifs (C(OH)–C–C–N with tert-alkyl or cyclic N) is 1. The number of aromatic nitrogens is 3. The van der Waals surface area contributed by atoms with Crippen molar-refractivity contribution in [1.29, 1.82) is 0 Å². The highest BCUT2D eigenvalue weighted by atomic mass is 16.3. The molecule has 0 spiro atoms. The van der Waals surface area contributed by atoms with Gasteiger partial charge in [0.1, 0.15) is 0 Å². The highest BCUT2D eigenvalue weighted by molar-refractivity contribution is 5.34. The third-order valence-electron chi connectivity index (χ3n) is 4.54.